The average molecular weight is 467 g/mol. The van der Waals surface area contributed by atoms with E-state index < -0.39 is 29.7 Å². The van der Waals surface area contributed by atoms with Gasteiger partial charge in [-0.25, -0.2) is 18.3 Å². The number of methoxy groups -OCH3 is 1. The number of halogens is 3. The zero-order chi connectivity index (χ0) is 23.4. The summed E-state index contributed by atoms with van der Waals surface area (Å²) in [7, 11) is 1.38. The molecular weight excluding hydrogens is 446 g/mol. The Bertz CT molecular complexity index is 1180. The summed E-state index contributed by atoms with van der Waals surface area (Å²) in [5.74, 6) is -0.911. The number of carboxylic acids is 1. The molecule has 1 atom stereocenters. The van der Waals surface area contributed by atoms with Crippen LogP contribution in [0.3, 0.4) is 0 Å². The van der Waals surface area contributed by atoms with E-state index in [9.17, 15) is 23.5 Å². The van der Waals surface area contributed by atoms with E-state index in [1.165, 1.54) is 25.4 Å². The lowest BCUT2D eigenvalue weighted by atomic mass is 10.0. The molecule has 0 aliphatic carbocycles. The number of unbranched alkanes of at least 4 members (excludes halogenated alkanes) is 1. The van der Waals surface area contributed by atoms with Crippen molar-refractivity contribution in [3.63, 3.8) is 0 Å². The van der Waals surface area contributed by atoms with Crippen LogP contribution in [0, 0.1) is 0 Å². The summed E-state index contributed by atoms with van der Waals surface area (Å²) >= 11 is 6.16. The fourth-order valence-corrected chi connectivity index (χ4v) is 3.51. The van der Waals surface area contributed by atoms with Crippen LogP contribution >= 0.6 is 11.6 Å². The van der Waals surface area contributed by atoms with Gasteiger partial charge in [-0.2, -0.15) is 0 Å². The number of alkyl halides is 2. The number of rotatable bonds is 9. The second-order valence-electron chi connectivity index (χ2n) is 7.05. The number of aromatic nitrogens is 4. The highest BCUT2D eigenvalue weighted by atomic mass is 35.5. The number of aliphatic carboxylic acids is 1. The largest absolute Gasteiger partial charge is 0.495 e. The predicted octanol–water partition coefficient (Wildman–Crippen LogP) is 4.51. The van der Waals surface area contributed by atoms with Crippen LogP contribution in [0.2, 0.25) is 5.02 Å². The molecule has 1 unspecified atom stereocenters. The maximum atomic E-state index is 13.0. The fraction of sp³-hybridized carbons (Fsp3) is 0.333. The van der Waals surface area contributed by atoms with Crippen LogP contribution in [0.25, 0.3) is 16.8 Å². The Kier molecular flexibility index (Phi) is 7.24. The van der Waals surface area contributed by atoms with Crippen LogP contribution in [-0.2, 0) is 4.79 Å². The second-order valence-corrected chi connectivity index (χ2v) is 7.48. The molecule has 2 heterocycles. The minimum atomic E-state index is -2.80. The molecule has 170 valence electrons. The quantitative estimate of drug-likeness (QED) is 0.498. The molecule has 0 saturated carbocycles. The molecule has 0 aliphatic rings. The number of pyridine rings is 1. The van der Waals surface area contributed by atoms with Crippen LogP contribution in [0.1, 0.15) is 44.3 Å². The lowest BCUT2D eigenvalue weighted by molar-refractivity contribution is -0.141. The number of nitrogens with zero attached hydrogens (tertiary/aromatic N) is 4. The zero-order valence-corrected chi connectivity index (χ0v) is 18.1. The normalized spacial score (nSPS) is 12.2. The van der Waals surface area contributed by atoms with E-state index in [0.717, 1.165) is 21.9 Å². The van der Waals surface area contributed by atoms with Crippen LogP contribution in [0.15, 0.2) is 41.5 Å². The van der Waals surface area contributed by atoms with E-state index >= 15 is 0 Å². The van der Waals surface area contributed by atoms with Gasteiger partial charge in [-0.3, -0.25) is 9.36 Å². The van der Waals surface area contributed by atoms with Crippen molar-refractivity contribution >= 4 is 17.6 Å². The van der Waals surface area contributed by atoms with E-state index in [1.54, 1.807) is 12.1 Å². The van der Waals surface area contributed by atoms with Crippen molar-refractivity contribution in [2.75, 3.05) is 7.11 Å². The van der Waals surface area contributed by atoms with Gasteiger partial charge in [0, 0.05) is 22.2 Å². The SMILES string of the molecule is CCCCC(C(=O)O)n1cc(OC)c(-c2cc(Cl)ccc2-n2cc(C(F)F)nn2)cc1=O. The maximum Gasteiger partial charge on any atom is 0.326 e. The Morgan fingerprint density at radius 3 is 2.59 bits per heavy atom. The number of benzene rings is 1. The van der Waals surface area contributed by atoms with Gasteiger partial charge in [-0.15, -0.1) is 5.10 Å². The highest BCUT2D eigenvalue weighted by Crippen LogP contribution is 2.35. The standard InChI is InChI=1S/C21H21ClF2N4O4/c1-3-4-5-17(21(30)31)27-11-18(32-2)14(9-19(27)29)13-8-12(22)6-7-16(13)28-10-15(20(23)24)25-26-28/h6-11,17,20H,3-5H2,1-2H3,(H,30,31). The summed E-state index contributed by atoms with van der Waals surface area (Å²) in [5.41, 5.74) is -0.0367. The molecule has 11 heteroatoms. The first-order valence-corrected chi connectivity index (χ1v) is 10.2. The van der Waals surface area contributed by atoms with Gasteiger partial charge < -0.3 is 9.84 Å². The van der Waals surface area contributed by atoms with Gasteiger partial charge in [0.2, 0.25) is 0 Å². The van der Waals surface area contributed by atoms with Gasteiger partial charge in [0.05, 0.1) is 25.2 Å². The molecule has 0 saturated heterocycles. The molecule has 3 rings (SSSR count). The highest BCUT2D eigenvalue weighted by Gasteiger charge is 2.23. The molecule has 32 heavy (non-hydrogen) atoms. The maximum absolute atomic E-state index is 13.0. The van der Waals surface area contributed by atoms with Crippen molar-refractivity contribution in [2.24, 2.45) is 0 Å². The van der Waals surface area contributed by atoms with Gasteiger partial charge in [0.15, 0.2) is 0 Å². The van der Waals surface area contributed by atoms with E-state index in [1.807, 2.05) is 6.92 Å². The first-order chi connectivity index (χ1) is 15.3. The number of carbonyl (C=O) groups is 1. The third kappa shape index (κ3) is 4.80. The van der Waals surface area contributed by atoms with Gasteiger partial charge in [0.1, 0.15) is 17.5 Å². The van der Waals surface area contributed by atoms with E-state index in [-0.39, 0.29) is 12.2 Å². The predicted molar refractivity (Wildman–Crippen MR) is 114 cm³/mol. The topological polar surface area (TPSA) is 99.2 Å². The monoisotopic (exact) mass is 466 g/mol. The molecule has 0 amide bonds. The number of carboxylic acid groups (broad SMARTS) is 1. The molecule has 2 aromatic heterocycles. The van der Waals surface area contributed by atoms with Gasteiger partial charge in [-0.1, -0.05) is 36.6 Å². The first kappa shape index (κ1) is 23.4. The summed E-state index contributed by atoms with van der Waals surface area (Å²) in [5, 5.41) is 17.1. The van der Waals surface area contributed by atoms with E-state index in [4.69, 9.17) is 16.3 Å². The summed E-state index contributed by atoms with van der Waals surface area (Å²) in [6, 6.07) is 4.82. The van der Waals surface area contributed by atoms with Gasteiger partial charge in [0.25, 0.3) is 12.0 Å². The van der Waals surface area contributed by atoms with Crippen molar-refractivity contribution in [1.29, 1.82) is 0 Å². The lowest BCUT2D eigenvalue weighted by Crippen LogP contribution is -2.29. The molecule has 0 fully saturated rings. The zero-order valence-electron chi connectivity index (χ0n) is 17.3. The van der Waals surface area contributed by atoms with Crippen molar-refractivity contribution in [1.82, 2.24) is 19.6 Å². The van der Waals surface area contributed by atoms with E-state index in [2.05, 4.69) is 10.3 Å². The number of hydrogen-bond donors (Lipinski definition) is 1. The van der Waals surface area contributed by atoms with Crippen molar-refractivity contribution < 1.29 is 23.4 Å². The third-order valence-electron chi connectivity index (χ3n) is 4.95. The van der Waals surface area contributed by atoms with Crippen LogP contribution in [-0.4, -0.2) is 37.7 Å². The highest BCUT2D eigenvalue weighted by molar-refractivity contribution is 6.31. The Hall–Kier alpha value is -3.27. The Morgan fingerprint density at radius 1 is 1.25 bits per heavy atom. The van der Waals surface area contributed by atoms with Crippen molar-refractivity contribution in [3.05, 3.63) is 57.7 Å². The summed E-state index contributed by atoms with van der Waals surface area (Å²) in [4.78, 5) is 24.6. The summed E-state index contributed by atoms with van der Waals surface area (Å²) in [6.45, 7) is 1.93. The van der Waals surface area contributed by atoms with E-state index in [0.29, 0.717) is 28.3 Å². The molecule has 0 aliphatic heterocycles. The molecule has 8 nitrogen and oxygen atoms in total. The van der Waals surface area contributed by atoms with Crippen LogP contribution in [0.5, 0.6) is 5.75 Å². The molecule has 0 bridgehead atoms. The minimum absolute atomic E-state index is 0.213. The molecule has 1 aromatic carbocycles. The Labute approximate surface area is 187 Å². The van der Waals surface area contributed by atoms with Crippen LogP contribution < -0.4 is 10.3 Å². The average Bonchev–Trinajstić information content (AvgIpc) is 3.25. The summed E-state index contributed by atoms with van der Waals surface area (Å²) < 4.78 is 33.7. The minimum Gasteiger partial charge on any atom is -0.495 e. The fourth-order valence-electron chi connectivity index (χ4n) is 3.34. The first-order valence-electron chi connectivity index (χ1n) is 9.80. The van der Waals surface area contributed by atoms with Crippen molar-refractivity contribution in [2.45, 2.75) is 38.7 Å². The summed E-state index contributed by atoms with van der Waals surface area (Å²) in [6.07, 6.45) is 1.31. The third-order valence-corrected chi connectivity index (χ3v) is 5.18. The van der Waals surface area contributed by atoms with Gasteiger partial charge >= 0.3 is 5.97 Å². The molecule has 0 spiro atoms. The Morgan fingerprint density at radius 2 is 2.00 bits per heavy atom. The number of hydrogen-bond acceptors (Lipinski definition) is 5. The molecule has 1 N–H and O–H groups in total. The molecule has 3 aromatic rings. The molecular formula is C21H21ClF2N4O4. The lowest BCUT2D eigenvalue weighted by Gasteiger charge is -2.19. The molecule has 0 radical (unpaired) electrons. The van der Waals surface area contributed by atoms with Crippen molar-refractivity contribution in [3.8, 4) is 22.6 Å². The smallest absolute Gasteiger partial charge is 0.326 e. The second kappa shape index (κ2) is 9.90. The van der Waals surface area contributed by atoms with Gasteiger partial charge in [-0.05, 0) is 24.6 Å². The Balaban J connectivity index is 2.18. The number of ether oxygens (including phenoxy) is 1. The van der Waals surface area contributed by atoms with Crippen LogP contribution in [0.4, 0.5) is 8.78 Å².